The number of pyridine rings is 1. The van der Waals surface area contributed by atoms with Crippen molar-refractivity contribution in [3.05, 3.63) is 63.0 Å². The summed E-state index contributed by atoms with van der Waals surface area (Å²) in [6, 6.07) is 8.99. The average Bonchev–Trinajstić information content (AvgIpc) is 3.07. The highest BCUT2D eigenvalue weighted by molar-refractivity contribution is 6.30. The van der Waals surface area contributed by atoms with Crippen LogP contribution in [0.3, 0.4) is 0 Å². The number of benzene rings is 1. The van der Waals surface area contributed by atoms with Crippen LogP contribution in [-0.2, 0) is 11.8 Å². The van der Waals surface area contributed by atoms with E-state index in [2.05, 4.69) is 5.32 Å². The summed E-state index contributed by atoms with van der Waals surface area (Å²) in [5.41, 5.74) is 1.86. The number of rotatable bonds is 3. The van der Waals surface area contributed by atoms with Gasteiger partial charge in [0.05, 0.1) is 12.3 Å². The molecule has 0 saturated carbocycles. The predicted octanol–water partition coefficient (Wildman–Crippen LogP) is 2.79. The van der Waals surface area contributed by atoms with Crippen molar-refractivity contribution < 1.29 is 9.53 Å². The maximum absolute atomic E-state index is 12.4. The average molecular weight is 333 g/mol. The number of hydrogen-bond donors (Lipinski definition) is 1. The number of nitrogens with zero attached hydrogens (tertiary/aromatic N) is 1. The van der Waals surface area contributed by atoms with E-state index in [4.69, 9.17) is 16.3 Å². The van der Waals surface area contributed by atoms with E-state index in [-0.39, 0.29) is 16.5 Å². The predicted molar refractivity (Wildman–Crippen MR) is 89.3 cm³/mol. The summed E-state index contributed by atoms with van der Waals surface area (Å²) < 4.78 is 6.74. The van der Waals surface area contributed by atoms with E-state index in [1.165, 1.54) is 10.6 Å². The lowest BCUT2D eigenvalue weighted by Crippen LogP contribution is -2.19. The first-order valence-electron chi connectivity index (χ1n) is 7.40. The molecule has 1 unspecified atom stereocenters. The van der Waals surface area contributed by atoms with Crippen molar-refractivity contribution in [2.45, 2.75) is 12.3 Å². The van der Waals surface area contributed by atoms with Crippen LogP contribution in [0.4, 0.5) is 5.69 Å². The molecule has 1 amide bonds. The van der Waals surface area contributed by atoms with Gasteiger partial charge >= 0.3 is 0 Å². The molecule has 2 heterocycles. The van der Waals surface area contributed by atoms with Gasteiger partial charge in [0.25, 0.3) is 11.5 Å². The van der Waals surface area contributed by atoms with E-state index in [0.717, 1.165) is 18.6 Å². The van der Waals surface area contributed by atoms with Gasteiger partial charge < -0.3 is 14.6 Å². The number of amides is 1. The van der Waals surface area contributed by atoms with Gasteiger partial charge in [-0.1, -0.05) is 23.7 Å². The molecule has 1 N–H and O–H groups in total. The monoisotopic (exact) mass is 332 g/mol. The van der Waals surface area contributed by atoms with Gasteiger partial charge in [0.1, 0.15) is 5.02 Å². The summed E-state index contributed by atoms with van der Waals surface area (Å²) in [5.74, 6) is 0.107. The molecule has 1 saturated heterocycles. The molecule has 1 atom stereocenters. The van der Waals surface area contributed by atoms with Gasteiger partial charge in [0.15, 0.2) is 0 Å². The molecule has 1 aromatic carbocycles. The van der Waals surface area contributed by atoms with Crippen molar-refractivity contribution in [3.8, 4) is 0 Å². The van der Waals surface area contributed by atoms with Crippen LogP contribution in [0.1, 0.15) is 28.3 Å². The molecule has 1 fully saturated rings. The summed E-state index contributed by atoms with van der Waals surface area (Å²) in [7, 11) is 1.59. The highest BCUT2D eigenvalue weighted by Gasteiger charge is 2.19. The zero-order valence-corrected chi connectivity index (χ0v) is 13.5. The largest absolute Gasteiger partial charge is 0.381 e. The first kappa shape index (κ1) is 15.8. The van der Waals surface area contributed by atoms with E-state index in [1.807, 2.05) is 18.2 Å². The Hall–Kier alpha value is -2.11. The van der Waals surface area contributed by atoms with E-state index in [1.54, 1.807) is 19.3 Å². The molecule has 3 rings (SSSR count). The summed E-state index contributed by atoms with van der Waals surface area (Å²) in [6.45, 7) is 1.46. The van der Waals surface area contributed by atoms with Gasteiger partial charge in [-0.25, -0.2) is 0 Å². The zero-order chi connectivity index (χ0) is 16.4. The normalized spacial score (nSPS) is 17.2. The van der Waals surface area contributed by atoms with Crippen LogP contribution in [-0.4, -0.2) is 23.7 Å². The molecule has 1 aliphatic rings. The molecule has 0 radical (unpaired) electrons. The summed E-state index contributed by atoms with van der Waals surface area (Å²) in [5, 5.41) is 2.84. The minimum absolute atomic E-state index is 0.0714. The SMILES string of the molecule is Cn1cc(NC(=O)c2cccc(C3CCOC3)c2)cc(Cl)c1=O. The summed E-state index contributed by atoms with van der Waals surface area (Å²) >= 11 is 5.86. The number of ether oxygens (including phenoxy) is 1. The molecule has 120 valence electrons. The fourth-order valence-electron chi connectivity index (χ4n) is 2.67. The van der Waals surface area contributed by atoms with Gasteiger partial charge in [-0.2, -0.15) is 0 Å². The number of carbonyl (C=O) groups excluding carboxylic acids is 1. The Morgan fingerprint density at radius 3 is 2.91 bits per heavy atom. The minimum Gasteiger partial charge on any atom is -0.381 e. The Kier molecular flexibility index (Phi) is 4.50. The number of carbonyl (C=O) groups is 1. The fraction of sp³-hybridized carbons (Fsp3) is 0.294. The Morgan fingerprint density at radius 2 is 2.22 bits per heavy atom. The molecule has 0 spiro atoms. The van der Waals surface area contributed by atoms with Crippen molar-refractivity contribution >= 4 is 23.2 Å². The second-order valence-electron chi connectivity index (χ2n) is 5.63. The van der Waals surface area contributed by atoms with Crippen molar-refractivity contribution in [1.29, 1.82) is 0 Å². The van der Waals surface area contributed by atoms with Crippen molar-refractivity contribution in [1.82, 2.24) is 4.57 Å². The molecule has 0 bridgehead atoms. The second-order valence-corrected chi connectivity index (χ2v) is 6.04. The molecule has 2 aromatic rings. The lowest BCUT2D eigenvalue weighted by atomic mass is 9.96. The highest BCUT2D eigenvalue weighted by atomic mass is 35.5. The van der Waals surface area contributed by atoms with Crippen LogP contribution < -0.4 is 10.9 Å². The topological polar surface area (TPSA) is 60.3 Å². The Balaban J connectivity index is 1.80. The highest BCUT2D eigenvalue weighted by Crippen LogP contribution is 2.26. The molecule has 23 heavy (non-hydrogen) atoms. The minimum atomic E-state index is -0.298. The number of aromatic nitrogens is 1. The first-order chi connectivity index (χ1) is 11.0. The summed E-state index contributed by atoms with van der Waals surface area (Å²) in [4.78, 5) is 24.0. The Bertz CT molecular complexity index is 768. The standard InChI is InChI=1S/C17H17ClN2O3/c1-20-9-14(8-15(18)17(20)22)19-16(21)12-4-2-3-11(7-12)13-5-6-23-10-13/h2-4,7-9,13H,5-6,10H2,1H3,(H,19,21). The number of hydrogen-bond acceptors (Lipinski definition) is 3. The van der Waals surface area contributed by atoms with Crippen LogP contribution >= 0.6 is 11.6 Å². The Morgan fingerprint density at radius 1 is 1.39 bits per heavy atom. The van der Waals surface area contributed by atoms with Crippen LogP contribution in [0.2, 0.25) is 5.02 Å². The summed E-state index contributed by atoms with van der Waals surface area (Å²) in [6.07, 6.45) is 2.52. The van der Waals surface area contributed by atoms with Gasteiger partial charge in [-0.15, -0.1) is 0 Å². The molecule has 1 aromatic heterocycles. The fourth-order valence-corrected chi connectivity index (χ4v) is 2.92. The van der Waals surface area contributed by atoms with Crippen molar-refractivity contribution in [3.63, 3.8) is 0 Å². The number of anilines is 1. The zero-order valence-electron chi connectivity index (χ0n) is 12.7. The van der Waals surface area contributed by atoms with Gasteiger partial charge in [-0.05, 0) is 30.2 Å². The van der Waals surface area contributed by atoms with Crippen LogP contribution in [0, 0.1) is 0 Å². The Labute approximate surface area is 138 Å². The maximum Gasteiger partial charge on any atom is 0.269 e. The number of nitrogens with one attached hydrogen (secondary N) is 1. The molecular formula is C17H17ClN2O3. The molecule has 0 aliphatic carbocycles. The molecule has 6 heteroatoms. The third kappa shape index (κ3) is 3.46. The van der Waals surface area contributed by atoms with Crippen LogP contribution in [0.5, 0.6) is 0 Å². The lowest BCUT2D eigenvalue weighted by Gasteiger charge is -2.11. The van der Waals surface area contributed by atoms with Crippen LogP contribution in [0.15, 0.2) is 41.3 Å². The third-order valence-corrected chi connectivity index (χ3v) is 4.22. The van der Waals surface area contributed by atoms with E-state index >= 15 is 0 Å². The molecule has 1 aliphatic heterocycles. The molecular weight excluding hydrogens is 316 g/mol. The van der Waals surface area contributed by atoms with Crippen LogP contribution in [0.25, 0.3) is 0 Å². The van der Waals surface area contributed by atoms with E-state index in [9.17, 15) is 9.59 Å². The van der Waals surface area contributed by atoms with Gasteiger partial charge in [-0.3, -0.25) is 9.59 Å². The number of halogens is 1. The molecule has 5 nitrogen and oxygen atoms in total. The maximum atomic E-state index is 12.4. The number of aryl methyl sites for hydroxylation is 1. The van der Waals surface area contributed by atoms with Crippen molar-refractivity contribution in [2.75, 3.05) is 18.5 Å². The lowest BCUT2D eigenvalue weighted by molar-refractivity contribution is 0.102. The van der Waals surface area contributed by atoms with Gasteiger partial charge in [0, 0.05) is 31.3 Å². The third-order valence-electron chi connectivity index (χ3n) is 3.95. The van der Waals surface area contributed by atoms with E-state index in [0.29, 0.717) is 23.8 Å². The first-order valence-corrected chi connectivity index (χ1v) is 7.77. The smallest absolute Gasteiger partial charge is 0.269 e. The quantitative estimate of drug-likeness (QED) is 0.940. The van der Waals surface area contributed by atoms with Crippen molar-refractivity contribution in [2.24, 2.45) is 7.05 Å². The van der Waals surface area contributed by atoms with Gasteiger partial charge in [0.2, 0.25) is 0 Å². The van der Waals surface area contributed by atoms with E-state index < -0.39 is 0 Å². The second kappa shape index (κ2) is 6.56.